The Morgan fingerprint density at radius 1 is 1.36 bits per heavy atom. The molecule has 0 saturated carbocycles. The molecule has 1 aromatic carbocycles. The number of rotatable bonds is 1. The molecule has 1 heterocycles. The molecular weight excluding hydrogens is 172 g/mol. The number of likely N-dealkylation sites (N-methyl/N-ethyl adjacent to an activating group) is 1. The summed E-state index contributed by atoms with van der Waals surface area (Å²) >= 11 is 0. The molecule has 1 aliphatic rings. The van der Waals surface area contributed by atoms with Crippen LogP contribution in [-0.4, -0.2) is 18.6 Å². The second-order valence-electron chi connectivity index (χ2n) is 4.54. The first kappa shape index (κ1) is 9.38. The molecule has 2 rings (SSSR count). The molecule has 0 fully saturated rings. The summed E-state index contributed by atoms with van der Waals surface area (Å²) in [5.74, 6) is 0. The maximum absolute atomic E-state index is 3.56. The predicted octanol–water partition coefficient (Wildman–Crippen LogP) is 2.72. The normalized spacial score (nSPS) is 18.6. The molecule has 0 bridgehead atoms. The smallest absolute Gasteiger partial charge is 0.0602 e. The third-order valence-corrected chi connectivity index (χ3v) is 2.69. The molecule has 1 N–H and O–H groups in total. The highest BCUT2D eigenvalue weighted by molar-refractivity contribution is 5.73. The topological polar surface area (TPSA) is 15.3 Å². The standard InChI is InChI=1S/C12H18N2/c1-4-14-9-12(2,3)13-10-7-5-6-8-11(10)14/h5-8,13H,4,9H2,1-3H3. The van der Waals surface area contributed by atoms with Crippen molar-refractivity contribution in [1.29, 1.82) is 0 Å². The van der Waals surface area contributed by atoms with E-state index in [-0.39, 0.29) is 5.54 Å². The van der Waals surface area contributed by atoms with Crippen LogP contribution in [0.1, 0.15) is 20.8 Å². The number of anilines is 2. The maximum Gasteiger partial charge on any atom is 0.0602 e. The molecule has 2 nitrogen and oxygen atoms in total. The van der Waals surface area contributed by atoms with Crippen molar-refractivity contribution in [3.05, 3.63) is 24.3 Å². The van der Waals surface area contributed by atoms with E-state index in [0.29, 0.717) is 0 Å². The number of para-hydroxylation sites is 2. The monoisotopic (exact) mass is 190 g/mol. The lowest BCUT2D eigenvalue weighted by atomic mass is 9.99. The van der Waals surface area contributed by atoms with Gasteiger partial charge < -0.3 is 10.2 Å². The zero-order valence-electron chi connectivity index (χ0n) is 9.17. The Morgan fingerprint density at radius 2 is 2.07 bits per heavy atom. The van der Waals surface area contributed by atoms with Gasteiger partial charge in [-0.25, -0.2) is 0 Å². The average Bonchev–Trinajstić information content (AvgIpc) is 2.15. The number of fused-ring (bicyclic) bond motifs is 1. The summed E-state index contributed by atoms with van der Waals surface area (Å²) in [5.41, 5.74) is 2.75. The van der Waals surface area contributed by atoms with Crippen LogP contribution in [0.2, 0.25) is 0 Å². The predicted molar refractivity (Wildman–Crippen MR) is 62.0 cm³/mol. The van der Waals surface area contributed by atoms with Crippen molar-refractivity contribution in [1.82, 2.24) is 0 Å². The Labute approximate surface area is 85.9 Å². The van der Waals surface area contributed by atoms with Gasteiger partial charge in [0, 0.05) is 18.6 Å². The van der Waals surface area contributed by atoms with E-state index in [0.717, 1.165) is 13.1 Å². The quantitative estimate of drug-likeness (QED) is 0.732. The zero-order valence-corrected chi connectivity index (χ0v) is 9.17. The Balaban J connectivity index is 2.41. The fourth-order valence-electron chi connectivity index (χ4n) is 2.10. The Hall–Kier alpha value is -1.18. The highest BCUT2D eigenvalue weighted by atomic mass is 15.2. The highest BCUT2D eigenvalue weighted by Crippen LogP contribution is 2.33. The summed E-state index contributed by atoms with van der Waals surface area (Å²) in [6.45, 7) is 8.83. The van der Waals surface area contributed by atoms with Gasteiger partial charge in [0.2, 0.25) is 0 Å². The maximum atomic E-state index is 3.56. The molecule has 14 heavy (non-hydrogen) atoms. The first-order valence-corrected chi connectivity index (χ1v) is 5.24. The van der Waals surface area contributed by atoms with Crippen LogP contribution in [0.15, 0.2) is 24.3 Å². The Morgan fingerprint density at radius 3 is 2.79 bits per heavy atom. The van der Waals surface area contributed by atoms with Crippen molar-refractivity contribution in [2.24, 2.45) is 0 Å². The van der Waals surface area contributed by atoms with E-state index in [2.05, 4.69) is 55.3 Å². The molecule has 0 aliphatic carbocycles. The summed E-state index contributed by atoms with van der Waals surface area (Å²) < 4.78 is 0. The van der Waals surface area contributed by atoms with Crippen molar-refractivity contribution in [3.8, 4) is 0 Å². The van der Waals surface area contributed by atoms with Crippen LogP contribution in [0.5, 0.6) is 0 Å². The third-order valence-electron chi connectivity index (χ3n) is 2.69. The van der Waals surface area contributed by atoms with Crippen LogP contribution < -0.4 is 10.2 Å². The molecular formula is C12H18N2. The van der Waals surface area contributed by atoms with Gasteiger partial charge in [-0.15, -0.1) is 0 Å². The van der Waals surface area contributed by atoms with E-state index in [1.807, 2.05) is 0 Å². The third kappa shape index (κ3) is 1.57. The Kier molecular flexibility index (Phi) is 2.14. The molecule has 0 radical (unpaired) electrons. The van der Waals surface area contributed by atoms with Crippen LogP contribution in [0, 0.1) is 0 Å². The summed E-state index contributed by atoms with van der Waals surface area (Å²) in [6, 6.07) is 8.52. The molecule has 1 aromatic rings. The minimum Gasteiger partial charge on any atom is -0.377 e. The van der Waals surface area contributed by atoms with Crippen molar-refractivity contribution in [2.75, 3.05) is 23.3 Å². The van der Waals surface area contributed by atoms with E-state index >= 15 is 0 Å². The van der Waals surface area contributed by atoms with E-state index in [1.165, 1.54) is 11.4 Å². The molecule has 76 valence electrons. The van der Waals surface area contributed by atoms with E-state index in [9.17, 15) is 0 Å². The van der Waals surface area contributed by atoms with Crippen molar-refractivity contribution < 1.29 is 0 Å². The molecule has 0 saturated heterocycles. The van der Waals surface area contributed by atoms with Crippen LogP contribution in [0.4, 0.5) is 11.4 Å². The van der Waals surface area contributed by atoms with Crippen LogP contribution in [0.3, 0.4) is 0 Å². The van der Waals surface area contributed by atoms with E-state index < -0.39 is 0 Å². The number of hydrogen-bond donors (Lipinski definition) is 1. The lowest BCUT2D eigenvalue weighted by molar-refractivity contribution is 0.537. The van der Waals surface area contributed by atoms with E-state index in [1.54, 1.807) is 0 Å². The average molecular weight is 190 g/mol. The largest absolute Gasteiger partial charge is 0.377 e. The summed E-state index contributed by atoms with van der Waals surface area (Å²) in [4.78, 5) is 2.42. The van der Waals surface area contributed by atoms with Crippen molar-refractivity contribution in [3.63, 3.8) is 0 Å². The second-order valence-corrected chi connectivity index (χ2v) is 4.54. The lowest BCUT2D eigenvalue weighted by Crippen LogP contribution is -2.48. The van der Waals surface area contributed by atoms with Gasteiger partial charge in [0.15, 0.2) is 0 Å². The second kappa shape index (κ2) is 3.19. The molecule has 1 aliphatic heterocycles. The summed E-state index contributed by atoms with van der Waals surface area (Å²) in [6.07, 6.45) is 0. The van der Waals surface area contributed by atoms with Gasteiger partial charge in [-0.2, -0.15) is 0 Å². The highest BCUT2D eigenvalue weighted by Gasteiger charge is 2.27. The van der Waals surface area contributed by atoms with Gasteiger partial charge in [0.25, 0.3) is 0 Å². The van der Waals surface area contributed by atoms with Gasteiger partial charge in [-0.05, 0) is 32.9 Å². The number of nitrogens with zero attached hydrogens (tertiary/aromatic N) is 1. The summed E-state index contributed by atoms with van der Waals surface area (Å²) in [7, 11) is 0. The molecule has 0 unspecified atom stereocenters. The fraction of sp³-hybridized carbons (Fsp3) is 0.500. The van der Waals surface area contributed by atoms with Crippen LogP contribution >= 0.6 is 0 Å². The lowest BCUT2D eigenvalue weighted by Gasteiger charge is -2.41. The van der Waals surface area contributed by atoms with Gasteiger partial charge in [-0.1, -0.05) is 12.1 Å². The van der Waals surface area contributed by atoms with Gasteiger partial charge in [-0.3, -0.25) is 0 Å². The van der Waals surface area contributed by atoms with Gasteiger partial charge >= 0.3 is 0 Å². The van der Waals surface area contributed by atoms with Crippen molar-refractivity contribution >= 4 is 11.4 Å². The first-order chi connectivity index (χ1) is 6.62. The fourth-order valence-corrected chi connectivity index (χ4v) is 2.10. The number of benzene rings is 1. The SMILES string of the molecule is CCN1CC(C)(C)Nc2ccccc21. The summed E-state index contributed by atoms with van der Waals surface area (Å²) in [5, 5.41) is 3.56. The first-order valence-electron chi connectivity index (χ1n) is 5.24. The molecule has 0 amide bonds. The Bertz CT molecular complexity index is 331. The van der Waals surface area contributed by atoms with Crippen molar-refractivity contribution in [2.45, 2.75) is 26.3 Å². The molecule has 2 heteroatoms. The van der Waals surface area contributed by atoms with Gasteiger partial charge in [0.05, 0.1) is 11.4 Å². The number of nitrogens with one attached hydrogen (secondary N) is 1. The minimum atomic E-state index is 0.171. The molecule has 0 aromatic heterocycles. The zero-order chi connectivity index (χ0) is 10.2. The minimum absolute atomic E-state index is 0.171. The number of hydrogen-bond acceptors (Lipinski definition) is 2. The molecule has 0 spiro atoms. The van der Waals surface area contributed by atoms with Gasteiger partial charge in [0.1, 0.15) is 0 Å². The van der Waals surface area contributed by atoms with Crippen LogP contribution in [-0.2, 0) is 0 Å². The van der Waals surface area contributed by atoms with E-state index in [4.69, 9.17) is 0 Å². The molecule has 0 atom stereocenters. The van der Waals surface area contributed by atoms with Crippen LogP contribution in [0.25, 0.3) is 0 Å².